The molecule has 1 aromatic carbocycles. The molecule has 0 aliphatic carbocycles. The van der Waals surface area contributed by atoms with Crippen LogP contribution in [-0.4, -0.2) is 24.5 Å². The molecule has 0 aliphatic heterocycles. The van der Waals surface area contributed by atoms with Crippen LogP contribution in [0.4, 0.5) is 10.5 Å². The summed E-state index contributed by atoms with van der Waals surface area (Å²) in [6.45, 7) is 3.37. The normalized spacial score (nSPS) is 10.1. The molecule has 2 amide bonds. The average Bonchev–Trinajstić information content (AvgIpc) is 2.36. The van der Waals surface area contributed by atoms with E-state index >= 15 is 0 Å². The van der Waals surface area contributed by atoms with Crippen LogP contribution in [0.25, 0.3) is 0 Å². The summed E-state index contributed by atoms with van der Waals surface area (Å²) < 4.78 is 0. The third-order valence-corrected chi connectivity index (χ3v) is 2.61. The number of hydrogen-bond acceptors (Lipinski definition) is 2. The number of unbranched alkanes of at least 4 members (excludes halogenated alkanes) is 1. The zero-order valence-corrected chi connectivity index (χ0v) is 10.6. The first-order chi connectivity index (χ1) is 8.17. The molecule has 4 heteroatoms. The van der Waals surface area contributed by atoms with Crippen LogP contribution in [0.1, 0.15) is 25.3 Å². The maximum absolute atomic E-state index is 11.8. The first-order valence-electron chi connectivity index (χ1n) is 5.98. The number of carbonyl (C=O) groups excluding carboxylic acids is 1. The van der Waals surface area contributed by atoms with Gasteiger partial charge in [0.1, 0.15) is 0 Å². The van der Waals surface area contributed by atoms with Crippen molar-refractivity contribution < 1.29 is 4.79 Å². The fourth-order valence-corrected chi connectivity index (χ4v) is 1.49. The molecule has 0 aliphatic rings. The first kappa shape index (κ1) is 13.5. The average molecular weight is 235 g/mol. The minimum Gasteiger partial charge on any atom is -0.328 e. The fourth-order valence-electron chi connectivity index (χ4n) is 1.49. The van der Waals surface area contributed by atoms with E-state index in [1.54, 1.807) is 11.9 Å². The van der Waals surface area contributed by atoms with Crippen molar-refractivity contribution in [3.63, 3.8) is 0 Å². The molecule has 0 saturated carbocycles. The van der Waals surface area contributed by atoms with Crippen molar-refractivity contribution in [1.82, 2.24) is 4.90 Å². The fraction of sp³-hybridized carbons (Fsp3) is 0.462. The summed E-state index contributed by atoms with van der Waals surface area (Å²) in [5.74, 6) is 0. The van der Waals surface area contributed by atoms with E-state index < -0.39 is 0 Å². The van der Waals surface area contributed by atoms with E-state index in [0.29, 0.717) is 6.54 Å². The molecular formula is C13H21N3O. The standard InChI is InChI=1S/C13H21N3O/c1-3-4-8-16(2)13(17)15-12-7-5-6-11(9-12)10-14/h5-7,9H,3-4,8,10,14H2,1-2H3,(H,15,17). The van der Waals surface area contributed by atoms with Gasteiger partial charge in [-0.3, -0.25) is 0 Å². The molecule has 94 valence electrons. The summed E-state index contributed by atoms with van der Waals surface area (Å²) in [6.07, 6.45) is 2.10. The van der Waals surface area contributed by atoms with E-state index in [2.05, 4.69) is 12.2 Å². The second-order valence-electron chi connectivity index (χ2n) is 4.11. The number of nitrogens with zero attached hydrogens (tertiary/aromatic N) is 1. The van der Waals surface area contributed by atoms with Gasteiger partial charge in [0.25, 0.3) is 0 Å². The highest BCUT2D eigenvalue weighted by Crippen LogP contribution is 2.10. The summed E-state index contributed by atoms with van der Waals surface area (Å²) in [4.78, 5) is 13.5. The topological polar surface area (TPSA) is 58.4 Å². The Bertz CT molecular complexity index is 365. The molecule has 0 saturated heterocycles. The highest BCUT2D eigenvalue weighted by Gasteiger charge is 2.07. The molecule has 0 bridgehead atoms. The van der Waals surface area contributed by atoms with Crippen LogP contribution in [0.3, 0.4) is 0 Å². The number of carbonyl (C=O) groups is 1. The Morgan fingerprint density at radius 1 is 1.47 bits per heavy atom. The Morgan fingerprint density at radius 2 is 2.24 bits per heavy atom. The number of anilines is 1. The summed E-state index contributed by atoms with van der Waals surface area (Å²) in [5, 5.41) is 2.86. The van der Waals surface area contributed by atoms with Crippen LogP contribution in [-0.2, 0) is 6.54 Å². The van der Waals surface area contributed by atoms with Crippen molar-refractivity contribution in [2.24, 2.45) is 5.73 Å². The third kappa shape index (κ3) is 4.44. The van der Waals surface area contributed by atoms with E-state index in [9.17, 15) is 4.79 Å². The van der Waals surface area contributed by atoms with Gasteiger partial charge in [-0.15, -0.1) is 0 Å². The van der Waals surface area contributed by atoms with Crippen molar-refractivity contribution in [1.29, 1.82) is 0 Å². The number of rotatable bonds is 5. The van der Waals surface area contributed by atoms with E-state index in [0.717, 1.165) is 30.6 Å². The predicted molar refractivity (Wildman–Crippen MR) is 70.9 cm³/mol. The Kier molecular flexibility index (Phi) is 5.49. The Morgan fingerprint density at radius 3 is 2.88 bits per heavy atom. The smallest absolute Gasteiger partial charge is 0.321 e. The SMILES string of the molecule is CCCCN(C)C(=O)Nc1cccc(CN)c1. The summed E-state index contributed by atoms with van der Waals surface area (Å²) in [7, 11) is 1.80. The first-order valence-corrected chi connectivity index (χ1v) is 5.98. The molecule has 0 spiro atoms. The molecule has 0 heterocycles. The number of urea groups is 1. The van der Waals surface area contributed by atoms with Gasteiger partial charge in [-0.05, 0) is 24.1 Å². The lowest BCUT2D eigenvalue weighted by Crippen LogP contribution is -2.32. The summed E-state index contributed by atoms with van der Waals surface area (Å²) in [6, 6.07) is 7.52. The Labute approximate surface area is 103 Å². The molecule has 3 N–H and O–H groups in total. The van der Waals surface area contributed by atoms with Crippen LogP contribution in [0.15, 0.2) is 24.3 Å². The number of amides is 2. The lowest BCUT2D eigenvalue weighted by molar-refractivity contribution is 0.222. The maximum Gasteiger partial charge on any atom is 0.321 e. The largest absolute Gasteiger partial charge is 0.328 e. The van der Waals surface area contributed by atoms with Gasteiger partial charge < -0.3 is 16.0 Å². The number of nitrogens with two attached hydrogens (primary N) is 1. The van der Waals surface area contributed by atoms with E-state index in [-0.39, 0.29) is 6.03 Å². The van der Waals surface area contributed by atoms with Crippen LogP contribution >= 0.6 is 0 Å². The van der Waals surface area contributed by atoms with Crippen molar-refractivity contribution in [3.8, 4) is 0 Å². The van der Waals surface area contributed by atoms with Gasteiger partial charge in [0, 0.05) is 25.8 Å². The molecule has 0 radical (unpaired) electrons. The van der Waals surface area contributed by atoms with E-state index in [1.165, 1.54) is 0 Å². The molecule has 4 nitrogen and oxygen atoms in total. The molecular weight excluding hydrogens is 214 g/mol. The van der Waals surface area contributed by atoms with Crippen molar-refractivity contribution in [3.05, 3.63) is 29.8 Å². The van der Waals surface area contributed by atoms with Gasteiger partial charge >= 0.3 is 6.03 Å². The quantitative estimate of drug-likeness (QED) is 0.823. The maximum atomic E-state index is 11.8. The molecule has 1 aromatic rings. The highest BCUT2D eigenvalue weighted by atomic mass is 16.2. The lowest BCUT2D eigenvalue weighted by Gasteiger charge is -2.17. The molecule has 1 rings (SSSR count). The lowest BCUT2D eigenvalue weighted by atomic mass is 10.2. The molecule has 0 aromatic heterocycles. The summed E-state index contributed by atoms with van der Waals surface area (Å²) in [5.41, 5.74) is 7.36. The molecule has 0 fully saturated rings. The van der Waals surface area contributed by atoms with Crippen LogP contribution in [0, 0.1) is 0 Å². The molecule has 0 unspecified atom stereocenters. The van der Waals surface area contributed by atoms with E-state index in [1.807, 2.05) is 24.3 Å². The van der Waals surface area contributed by atoms with Gasteiger partial charge in [0.15, 0.2) is 0 Å². The Balaban J connectivity index is 2.54. The number of nitrogens with one attached hydrogen (secondary N) is 1. The zero-order valence-electron chi connectivity index (χ0n) is 10.6. The minimum absolute atomic E-state index is 0.0763. The van der Waals surface area contributed by atoms with Crippen LogP contribution in [0.5, 0.6) is 0 Å². The third-order valence-electron chi connectivity index (χ3n) is 2.61. The van der Waals surface area contributed by atoms with Gasteiger partial charge in [-0.1, -0.05) is 25.5 Å². The van der Waals surface area contributed by atoms with E-state index in [4.69, 9.17) is 5.73 Å². The van der Waals surface area contributed by atoms with Crippen molar-refractivity contribution in [2.45, 2.75) is 26.3 Å². The van der Waals surface area contributed by atoms with Crippen molar-refractivity contribution in [2.75, 3.05) is 18.9 Å². The summed E-state index contributed by atoms with van der Waals surface area (Å²) >= 11 is 0. The van der Waals surface area contributed by atoms with Gasteiger partial charge in [0.2, 0.25) is 0 Å². The highest BCUT2D eigenvalue weighted by molar-refractivity contribution is 5.89. The number of benzene rings is 1. The zero-order chi connectivity index (χ0) is 12.7. The van der Waals surface area contributed by atoms with Gasteiger partial charge in [-0.25, -0.2) is 4.79 Å². The Hall–Kier alpha value is -1.55. The van der Waals surface area contributed by atoms with Crippen LogP contribution in [0.2, 0.25) is 0 Å². The molecule has 0 atom stereocenters. The minimum atomic E-state index is -0.0763. The second kappa shape index (κ2) is 6.91. The van der Waals surface area contributed by atoms with Gasteiger partial charge in [0.05, 0.1) is 0 Å². The second-order valence-corrected chi connectivity index (χ2v) is 4.11. The van der Waals surface area contributed by atoms with Gasteiger partial charge in [-0.2, -0.15) is 0 Å². The van der Waals surface area contributed by atoms with Crippen LogP contribution < -0.4 is 11.1 Å². The number of hydrogen-bond donors (Lipinski definition) is 2. The predicted octanol–water partition coefficient (Wildman–Crippen LogP) is 2.41. The monoisotopic (exact) mass is 235 g/mol. The van der Waals surface area contributed by atoms with Crippen molar-refractivity contribution >= 4 is 11.7 Å². The molecule has 17 heavy (non-hydrogen) atoms.